The molecule has 140 valence electrons. The molecule has 1 aliphatic rings. The van der Waals surface area contributed by atoms with Crippen LogP contribution >= 0.6 is 23.2 Å². The van der Waals surface area contributed by atoms with Crippen molar-refractivity contribution in [2.45, 2.75) is 6.92 Å². The smallest absolute Gasteiger partial charge is 0.265 e. The number of halogens is 2. The van der Waals surface area contributed by atoms with Crippen LogP contribution in [0.5, 0.6) is 5.75 Å². The summed E-state index contributed by atoms with van der Waals surface area (Å²) in [6.07, 6.45) is 0. The van der Waals surface area contributed by atoms with Gasteiger partial charge in [0.05, 0.1) is 16.4 Å². The summed E-state index contributed by atoms with van der Waals surface area (Å²) in [6.45, 7) is 1.01. The van der Waals surface area contributed by atoms with Gasteiger partial charge in [0, 0.05) is 17.6 Å². The van der Waals surface area contributed by atoms with Gasteiger partial charge in [0.15, 0.2) is 6.61 Å². The van der Waals surface area contributed by atoms with Gasteiger partial charge in [0.1, 0.15) is 12.3 Å². The number of amides is 3. The van der Waals surface area contributed by atoms with Crippen molar-refractivity contribution in [3.8, 4) is 5.75 Å². The molecular formula is C18H15Cl2N3O4. The summed E-state index contributed by atoms with van der Waals surface area (Å²) in [6, 6.07) is 9.55. The van der Waals surface area contributed by atoms with Crippen LogP contribution < -0.4 is 20.3 Å². The fraction of sp³-hybridized carbons (Fsp3) is 0.167. The first-order valence-electron chi connectivity index (χ1n) is 7.93. The number of fused-ring (bicyclic) bond motifs is 1. The van der Waals surface area contributed by atoms with Crippen LogP contribution in [0.15, 0.2) is 36.4 Å². The maximum atomic E-state index is 12.4. The Bertz CT molecular complexity index is 933. The third kappa shape index (κ3) is 4.50. The first kappa shape index (κ1) is 19.0. The first-order valence-corrected chi connectivity index (χ1v) is 8.69. The number of anilines is 3. The summed E-state index contributed by atoms with van der Waals surface area (Å²) >= 11 is 12.1. The molecule has 2 N–H and O–H groups in total. The van der Waals surface area contributed by atoms with Gasteiger partial charge >= 0.3 is 0 Å². The molecule has 0 bridgehead atoms. The molecule has 27 heavy (non-hydrogen) atoms. The first-order chi connectivity index (χ1) is 12.8. The number of ether oxygens (including phenoxy) is 1. The van der Waals surface area contributed by atoms with E-state index in [1.807, 2.05) is 0 Å². The number of nitrogens with zero attached hydrogens (tertiary/aromatic N) is 1. The molecule has 0 aliphatic carbocycles. The maximum Gasteiger partial charge on any atom is 0.265 e. The average Bonchev–Trinajstić information content (AvgIpc) is 2.59. The molecule has 0 radical (unpaired) electrons. The van der Waals surface area contributed by atoms with Crippen LogP contribution in [-0.2, 0) is 14.4 Å². The number of nitrogens with one attached hydrogen (secondary N) is 2. The van der Waals surface area contributed by atoms with Gasteiger partial charge in [-0.3, -0.25) is 19.3 Å². The number of carbonyl (C=O) groups excluding carboxylic acids is 3. The second kappa shape index (κ2) is 7.85. The molecule has 0 saturated heterocycles. The molecular weight excluding hydrogens is 393 g/mol. The summed E-state index contributed by atoms with van der Waals surface area (Å²) < 4.78 is 5.35. The SMILES string of the molecule is CC(=O)Nc1ccc(NC(=O)CN2C(=O)COc3ccc(Cl)cc32)cc1Cl. The predicted octanol–water partition coefficient (Wildman–Crippen LogP) is 3.32. The highest BCUT2D eigenvalue weighted by Gasteiger charge is 2.27. The topological polar surface area (TPSA) is 87.7 Å². The largest absolute Gasteiger partial charge is 0.482 e. The molecule has 0 saturated carbocycles. The third-order valence-electron chi connectivity index (χ3n) is 3.73. The summed E-state index contributed by atoms with van der Waals surface area (Å²) in [5.41, 5.74) is 1.31. The van der Waals surface area contributed by atoms with Crippen LogP contribution in [0.4, 0.5) is 17.1 Å². The zero-order chi connectivity index (χ0) is 19.6. The van der Waals surface area contributed by atoms with E-state index in [0.29, 0.717) is 27.8 Å². The van der Waals surface area contributed by atoms with Gasteiger partial charge in [-0.1, -0.05) is 23.2 Å². The molecule has 9 heteroatoms. The lowest BCUT2D eigenvalue weighted by Crippen LogP contribution is -2.43. The monoisotopic (exact) mass is 407 g/mol. The van der Waals surface area contributed by atoms with Crippen molar-refractivity contribution in [3.63, 3.8) is 0 Å². The quantitative estimate of drug-likeness (QED) is 0.813. The predicted molar refractivity (Wildman–Crippen MR) is 104 cm³/mol. The highest BCUT2D eigenvalue weighted by Crippen LogP contribution is 2.34. The van der Waals surface area contributed by atoms with Crippen LogP contribution in [0.3, 0.4) is 0 Å². The van der Waals surface area contributed by atoms with Crippen molar-refractivity contribution in [3.05, 3.63) is 46.4 Å². The molecule has 0 aromatic heterocycles. The Morgan fingerprint density at radius 2 is 1.93 bits per heavy atom. The Hall–Kier alpha value is -2.77. The molecule has 1 aliphatic heterocycles. The molecule has 3 rings (SSSR count). The fourth-order valence-corrected chi connectivity index (χ4v) is 2.97. The van der Waals surface area contributed by atoms with Crippen molar-refractivity contribution in [2.24, 2.45) is 0 Å². The van der Waals surface area contributed by atoms with Crippen LogP contribution in [-0.4, -0.2) is 30.9 Å². The fourth-order valence-electron chi connectivity index (χ4n) is 2.58. The van der Waals surface area contributed by atoms with Crippen molar-refractivity contribution in [2.75, 3.05) is 28.7 Å². The normalized spacial score (nSPS) is 12.9. The Kier molecular flexibility index (Phi) is 5.53. The number of rotatable bonds is 4. The van der Waals surface area contributed by atoms with Gasteiger partial charge in [-0.05, 0) is 36.4 Å². The maximum absolute atomic E-state index is 12.4. The van der Waals surface area contributed by atoms with E-state index in [-0.39, 0.29) is 30.0 Å². The number of benzene rings is 2. The van der Waals surface area contributed by atoms with E-state index >= 15 is 0 Å². The van der Waals surface area contributed by atoms with Gasteiger partial charge in [0.25, 0.3) is 5.91 Å². The van der Waals surface area contributed by atoms with Gasteiger partial charge in [-0.15, -0.1) is 0 Å². The van der Waals surface area contributed by atoms with E-state index < -0.39 is 5.91 Å². The van der Waals surface area contributed by atoms with Crippen molar-refractivity contribution in [1.82, 2.24) is 0 Å². The molecule has 7 nitrogen and oxygen atoms in total. The summed E-state index contributed by atoms with van der Waals surface area (Å²) in [5.74, 6) is -0.537. The van der Waals surface area contributed by atoms with Crippen LogP contribution in [0.25, 0.3) is 0 Å². The third-order valence-corrected chi connectivity index (χ3v) is 4.28. The highest BCUT2D eigenvalue weighted by molar-refractivity contribution is 6.34. The lowest BCUT2D eigenvalue weighted by atomic mass is 10.2. The average molecular weight is 408 g/mol. The van der Waals surface area contributed by atoms with Gasteiger partial charge in [-0.2, -0.15) is 0 Å². The minimum absolute atomic E-state index is 0.154. The summed E-state index contributed by atoms with van der Waals surface area (Å²) in [7, 11) is 0. The standard InChI is InChI=1S/C18H15Cl2N3O4/c1-10(24)21-14-4-3-12(7-13(14)20)22-17(25)8-23-15-6-11(19)2-5-16(15)27-9-18(23)26/h2-7H,8-9H2,1H3,(H,21,24)(H,22,25). The lowest BCUT2D eigenvalue weighted by molar-refractivity contribution is -0.123. The molecule has 0 unspecified atom stereocenters. The molecule has 0 fully saturated rings. The van der Waals surface area contributed by atoms with Crippen molar-refractivity contribution in [1.29, 1.82) is 0 Å². The van der Waals surface area contributed by atoms with Gasteiger partial charge in [0.2, 0.25) is 11.8 Å². The number of hydrogen-bond donors (Lipinski definition) is 2. The molecule has 0 spiro atoms. The van der Waals surface area contributed by atoms with Crippen LogP contribution in [0.1, 0.15) is 6.92 Å². The number of hydrogen-bond acceptors (Lipinski definition) is 4. The Labute approximate surface area is 165 Å². The highest BCUT2D eigenvalue weighted by atomic mass is 35.5. The molecule has 1 heterocycles. The zero-order valence-corrected chi connectivity index (χ0v) is 15.7. The van der Waals surface area contributed by atoms with Crippen molar-refractivity contribution >= 4 is 58.0 Å². The van der Waals surface area contributed by atoms with Gasteiger partial charge < -0.3 is 15.4 Å². The molecule has 3 amide bonds. The van der Waals surface area contributed by atoms with E-state index in [1.165, 1.54) is 17.9 Å². The van der Waals surface area contributed by atoms with Gasteiger partial charge in [-0.25, -0.2) is 0 Å². The van der Waals surface area contributed by atoms with E-state index in [9.17, 15) is 14.4 Å². The molecule has 2 aromatic rings. The second-order valence-corrected chi connectivity index (χ2v) is 6.65. The van der Waals surface area contributed by atoms with Crippen molar-refractivity contribution < 1.29 is 19.1 Å². The Balaban J connectivity index is 1.73. The lowest BCUT2D eigenvalue weighted by Gasteiger charge is -2.29. The summed E-state index contributed by atoms with van der Waals surface area (Å²) in [4.78, 5) is 37.0. The molecule has 2 aromatic carbocycles. The molecule has 0 atom stereocenters. The van der Waals surface area contributed by atoms with E-state index in [1.54, 1.807) is 30.3 Å². The van der Waals surface area contributed by atoms with E-state index in [2.05, 4.69) is 10.6 Å². The second-order valence-electron chi connectivity index (χ2n) is 5.80. The minimum Gasteiger partial charge on any atom is -0.482 e. The minimum atomic E-state index is -0.417. The number of carbonyl (C=O) groups is 3. The van der Waals surface area contributed by atoms with E-state index in [4.69, 9.17) is 27.9 Å². The Morgan fingerprint density at radius 3 is 2.63 bits per heavy atom. The van der Waals surface area contributed by atoms with E-state index in [0.717, 1.165) is 0 Å². The zero-order valence-electron chi connectivity index (χ0n) is 14.2. The van der Waals surface area contributed by atoms with Crippen LogP contribution in [0, 0.1) is 0 Å². The Morgan fingerprint density at radius 1 is 1.15 bits per heavy atom. The van der Waals surface area contributed by atoms with Crippen LogP contribution in [0.2, 0.25) is 10.0 Å². The summed E-state index contributed by atoms with van der Waals surface area (Å²) in [5, 5.41) is 5.96.